The second kappa shape index (κ2) is 12.4. The highest BCUT2D eigenvalue weighted by Gasteiger charge is 2.30. The van der Waals surface area contributed by atoms with Gasteiger partial charge in [-0.05, 0) is 47.5 Å². The minimum absolute atomic E-state index is 0.0194. The van der Waals surface area contributed by atoms with Crippen LogP contribution in [0, 0.1) is 20.2 Å². The van der Waals surface area contributed by atoms with E-state index in [0.717, 1.165) is 23.3 Å². The molecule has 0 saturated carbocycles. The molecular weight excluding hydrogens is 578 g/mol. The molecule has 0 aromatic heterocycles. The lowest BCUT2D eigenvalue weighted by atomic mass is 10.1. The van der Waals surface area contributed by atoms with Gasteiger partial charge < -0.3 is 15.4 Å². The Labute approximate surface area is 246 Å². The van der Waals surface area contributed by atoms with E-state index in [4.69, 9.17) is 4.74 Å². The Morgan fingerprint density at radius 1 is 0.767 bits per heavy atom. The van der Waals surface area contributed by atoms with Crippen LogP contribution in [0.5, 0.6) is 0 Å². The molecule has 43 heavy (non-hydrogen) atoms. The molecular formula is C29H25N5O8S. The van der Waals surface area contributed by atoms with E-state index in [1.54, 1.807) is 24.3 Å². The van der Waals surface area contributed by atoms with E-state index < -0.39 is 37.2 Å². The van der Waals surface area contributed by atoms with E-state index >= 15 is 0 Å². The Balaban J connectivity index is 1.38. The molecule has 1 heterocycles. The molecule has 2 N–H and O–H groups in total. The summed E-state index contributed by atoms with van der Waals surface area (Å²) in [6.07, 6.45) is 0. The molecule has 0 radical (unpaired) electrons. The van der Waals surface area contributed by atoms with Crippen molar-refractivity contribution in [3.05, 3.63) is 117 Å². The zero-order chi connectivity index (χ0) is 30.6. The molecule has 1 amide bonds. The summed E-state index contributed by atoms with van der Waals surface area (Å²) >= 11 is 0. The van der Waals surface area contributed by atoms with Crippen molar-refractivity contribution in [2.75, 3.05) is 36.9 Å². The quantitative estimate of drug-likeness (QED) is 0.193. The first-order valence-electron chi connectivity index (χ1n) is 13.0. The fourth-order valence-electron chi connectivity index (χ4n) is 4.53. The van der Waals surface area contributed by atoms with Crippen molar-refractivity contribution in [2.45, 2.75) is 4.90 Å². The normalized spacial score (nSPS) is 13.7. The third-order valence-corrected chi connectivity index (χ3v) is 8.65. The zero-order valence-corrected chi connectivity index (χ0v) is 23.3. The van der Waals surface area contributed by atoms with Gasteiger partial charge in [0.15, 0.2) is 5.69 Å². The lowest BCUT2D eigenvalue weighted by molar-refractivity contribution is -0.392. The first-order valence-corrected chi connectivity index (χ1v) is 14.5. The number of benzene rings is 4. The van der Waals surface area contributed by atoms with Crippen LogP contribution in [0.15, 0.2) is 95.9 Å². The highest BCUT2D eigenvalue weighted by molar-refractivity contribution is 7.89. The maximum absolute atomic E-state index is 13.0. The highest BCUT2D eigenvalue weighted by Crippen LogP contribution is 2.38. The Morgan fingerprint density at radius 3 is 1.86 bits per heavy atom. The van der Waals surface area contributed by atoms with E-state index in [0.29, 0.717) is 18.9 Å². The first-order chi connectivity index (χ1) is 20.6. The number of nitro groups is 2. The number of carbonyl (C=O) groups is 1. The maximum Gasteiger partial charge on any atom is 0.300 e. The minimum atomic E-state index is -3.75. The van der Waals surface area contributed by atoms with Gasteiger partial charge >= 0.3 is 11.4 Å². The minimum Gasteiger partial charge on any atom is -0.379 e. The Bertz CT molecular complexity index is 1740. The third-order valence-electron chi connectivity index (χ3n) is 6.73. The molecule has 1 aliphatic heterocycles. The summed E-state index contributed by atoms with van der Waals surface area (Å²) in [5, 5.41) is 29.2. The predicted octanol–water partition coefficient (Wildman–Crippen LogP) is 5.19. The third kappa shape index (κ3) is 6.51. The zero-order valence-electron chi connectivity index (χ0n) is 22.5. The first kappa shape index (κ1) is 29.3. The van der Waals surface area contributed by atoms with Gasteiger partial charge in [0, 0.05) is 36.6 Å². The molecule has 13 nitrogen and oxygen atoms in total. The number of ether oxygens (including phenoxy) is 1. The smallest absolute Gasteiger partial charge is 0.300 e. The number of morpholine rings is 1. The topological polar surface area (TPSA) is 174 Å². The molecule has 1 saturated heterocycles. The molecule has 0 aliphatic carbocycles. The van der Waals surface area contributed by atoms with Gasteiger partial charge in [0.25, 0.3) is 5.91 Å². The number of nitrogens with zero attached hydrogens (tertiary/aromatic N) is 3. The van der Waals surface area contributed by atoms with Crippen LogP contribution >= 0.6 is 0 Å². The number of nitrogens with one attached hydrogen (secondary N) is 2. The predicted molar refractivity (Wildman–Crippen MR) is 159 cm³/mol. The number of carbonyl (C=O) groups excluding carboxylic acids is 1. The summed E-state index contributed by atoms with van der Waals surface area (Å²) in [5.74, 6) is -0.853. The molecule has 14 heteroatoms. The summed E-state index contributed by atoms with van der Waals surface area (Å²) in [6.45, 7) is 1.03. The lowest BCUT2D eigenvalue weighted by Crippen LogP contribution is -2.40. The van der Waals surface area contributed by atoms with E-state index in [-0.39, 0.29) is 34.9 Å². The van der Waals surface area contributed by atoms with Crippen LogP contribution in [0.25, 0.3) is 11.1 Å². The van der Waals surface area contributed by atoms with Crippen molar-refractivity contribution in [2.24, 2.45) is 0 Å². The Morgan fingerprint density at radius 2 is 1.30 bits per heavy atom. The molecule has 0 atom stereocenters. The van der Waals surface area contributed by atoms with E-state index in [1.807, 2.05) is 30.3 Å². The van der Waals surface area contributed by atoms with Crippen molar-refractivity contribution in [3.63, 3.8) is 0 Å². The van der Waals surface area contributed by atoms with Crippen molar-refractivity contribution in [3.8, 4) is 11.1 Å². The van der Waals surface area contributed by atoms with Crippen molar-refractivity contribution in [1.82, 2.24) is 4.31 Å². The van der Waals surface area contributed by atoms with Gasteiger partial charge in [-0.1, -0.05) is 42.5 Å². The monoisotopic (exact) mass is 603 g/mol. The highest BCUT2D eigenvalue weighted by atomic mass is 32.2. The fourth-order valence-corrected chi connectivity index (χ4v) is 5.94. The van der Waals surface area contributed by atoms with E-state index in [1.165, 1.54) is 28.6 Å². The summed E-state index contributed by atoms with van der Waals surface area (Å²) < 4.78 is 32.2. The standard InChI is InChI=1S/C29H25N5O8S/c35-29(31-24-10-12-25(13-11-24)43(40,41)32-14-16-42-17-15-32)22-18-26(33(36)37)28(27(19-22)34(38)39)30-23-8-6-21(7-9-23)20-4-2-1-3-5-20/h1-13,18-19,30H,14-17H2,(H,31,35). The molecule has 0 unspecified atom stereocenters. The number of hydrogen-bond acceptors (Lipinski definition) is 9. The summed E-state index contributed by atoms with van der Waals surface area (Å²) in [5.41, 5.74) is 0.359. The molecule has 4 aromatic rings. The van der Waals surface area contributed by atoms with Crippen molar-refractivity contribution >= 4 is 44.4 Å². The number of amides is 1. The average molecular weight is 604 g/mol. The second-order valence-corrected chi connectivity index (χ2v) is 11.4. The van der Waals surface area contributed by atoms with Crippen LogP contribution in [0.4, 0.5) is 28.4 Å². The molecule has 1 fully saturated rings. The van der Waals surface area contributed by atoms with Crippen LogP contribution in [0.1, 0.15) is 10.4 Å². The van der Waals surface area contributed by atoms with Crippen LogP contribution < -0.4 is 10.6 Å². The average Bonchev–Trinajstić information content (AvgIpc) is 3.02. The van der Waals surface area contributed by atoms with Crippen LogP contribution in [-0.2, 0) is 14.8 Å². The largest absolute Gasteiger partial charge is 0.379 e. The fraction of sp³-hybridized carbons (Fsp3) is 0.138. The number of rotatable bonds is 9. The lowest BCUT2D eigenvalue weighted by Gasteiger charge is -2.26. The number of sulfonamides is 1. The maximum atomic E-state index is 13.0. The van der Waals surface area contributed by atoms with Gasteiger partial charge in [0.05, 0.1) is 33.5 Å². The van der Waals surface area contributed by atoms with Gasteiger partial charge in [-0.25, -0.2) is 8.42 Å². The van der Waals surface area contributed by atoms with Crippen LogP contribution in [0.2, 0.25) is 0 Å². The van der Waals surface area contributed by atoms with Gasteiger partial charge in [-0.15, -0.1) is 0 Å². The summed E-state index contributed by atoms with van der Waals surface area (Å²) in [7, 11) is -3.75. The Hall–Kier alpha value is -5.18. The second-order valence-electron chi connectivity index (χ2n) is 9.47. The van der Waals surface area contributed by atoms with Gasteiger partial charge in [-0.3, -0.25) is 25.0 Å². The molecule has 0 spiro atoms. The number of hydrogen-bond donors (Lipinski definition) is 2. The summed E-state index contributed by atoms with van der Waals surface area (Å²) in [4.78, 5) is 35.3. The molecule has 220 valence electrons. The van der Waals surface area contributed by atoms with Gasteiger partial charge in [-0.2, -0.15) is 4.31 Å². The van der Waals surface area contributed by atoms with Crippen molar-refractivity contribution < 1.29 is 27.8 Å². The van der Waals surface area contributed by atoms with Crippen LogP contribution in [0.3, 0.4) is 0 Å². The molecule has 0 bridgehead atoms. The SMILES string of the molecule is O=C(Nc1ccc(S(=O)(=O)N2CCOCC2)cc1)c1cc([N+](=O)[O-])c(Nc2ccc(-c3ccccc3)cc2)c([N+](=O)[O-])c1. The van der Waals surface area contributed by atoms with Crippen molar-refractivity contribution in [1.29, 1.82) is 0 Å². The van der Waals surface area contributed by atoms with E-state index in [2.05, 4.69) is 10.6 Å². The van der Waals surface area contributed by atoms with E-state index in [9.17, 15) is 33.4 Å². The molecule has 4 aromatic carbocycles. The number of nitro benzene ring substituents is 2. The van der Waals surface area contributed by atoms with Gasteiger partial charge in [0.1, 0.15) is 0 Å². The van der Waals surface area contributed by atoms with Crippen LogP contribution in [-0.4, -0.2) is 54.8 Å². The van der Waals surface area contributed by atoms with Gasteiger partial charge in [0.2, 0.25) is 10.0 Å². The Kier molecular flexibility index (Phi) is 8.43. The summed E-state index contributed by atoms with van der Waals surface area (Å²) in [6, 6.07) is 23.6. The number of anilines is 3. The molecule has 5 rings (SSSR count). The molecule has 1 aliphatic rings.